The Morgan fingerprint density at radius 1 is 0.895 bits per heavy atom. The number of rotatable bonds is 1. The Bertz CT molecular complexity index is 344. The molecule has 0 radical (unpaired) electrons. The molecule has 2 rings (SSSR count). The molecule has 2 heterocycles. The van der Waals surface area contributed by atoms with Crippen LogP contribution >= 0.6 is 0 Å². The second-order valence-electron chi connectivity index (χ2n) is 5.90. The van der Waals surface area contributed by atoms with Crippen LogP contribution in [0.25, 0.3) is 0 Å². The maximum atomic E-state index is 13.0. The topological polar surface area (TPSA) is 9.23 Å². The van der Waals surface area contributed by atoms with Crippen molar-refractivity contribution in [3.8, 4) is 0 Å². The monoisotopic (exact) mass is 290 g/mol. The molecular weight excluding hydrogens is 274 g/mol. The van der Waals surface area contributed by atoms with Crippen molar-refractivity contribution in [3.05, 3.63) is 0 Å². The molecule has 2 saturated heterocycles. The highest BCUT2D eigenvalue weighted by atomic mass is 19.4. The molecule has 0 N–H and O–H groups in total. The van der Waals surface area contributed by atoms with Crippen LogP contribution in [0.1, 0.15) is 27.2 Å². The number of hydrogen-bond donors (Lipinski definition) is 0. The molecule has 2 aliphatic heterocycles. The summed E-state index contributed by atoms with van der Waals surface area (Å²) in [7, 11) is 0. The number of halogens is 6. The van der Waals surface area contributed by atoms with Gasteiger partial charge in [0.1, 0.15) is 0 Å². The normalized spacial score (nSPS) is 39.9. The van der Waals surface area contributed by atoms with Gasteiger partial charge in [-0.05, 0) is 25.2 Å². The smallest absolute Gasteiger partial charge is 0.374 e. The van der Waals surface area contributed by atoms with Crippen molar-refractivity contribution in [2.24, 2.45) is 23.2 Å². The standard InChI is InChI=1S/C12H16F6O/c1-5-6(2)9-7(4-8(5)19-9)10(3,11(13,14)15)12(16,17)18/h5-9H,4H2,1-3H3. The zero-order valence-electron chi connectivity index (χ0n) is 10.8. The van der Waals surface area contributed by atoms with Gasteiger partial charge in [-0.25, -0.2) is 0 Å². The van der Waals surface area contributed by atoms with E-state index in [4.69, 9.17) is 4.74 Å². The van der Waals surface area contributed by atoms with Crippen molar-refractivity contribution in [1.29, 1.82) is 0 Å². The Hall–Kier alpha value is -0.460. The molecule has 1 nitrogen and oxygen atoms in total. The van der Waals surface area contributed by atoms with Gasteiger partial charge < -0.3 is 4.74 Å². The van der Waals surface area contributed by atoms with Gasteiger partial charge in [0.15, 0.2) is 5.41 Å². The van der Waals surface area contributed by atoms with E-state index in [0.29, 0.717) is 0 Å². The van der Waals surface area contributed by atoms with Crippen LogP contribution in [0.15, 0.2) is 0 Å². The third kappa shape index (κ3) is 1.87. The first kappa shape index (κ1) is 14.9. The van der Waals surface area contributed by atoms with E-state index in [1.165, 1.54) is 0 Å². The number of hydrogen-bond acceptors (Lipinski definition) is 1. The first-order chi connectivity index (χ1) is 8.41. The zero-order chi connectivity index (χ0) is 14.8. The summed E-state index contributed by atoms with van der Waals surface area (Å²) < 4.78 is 83.5. The predicted molar refractivity (Wildman–Crippen MR) is 55.3 cm³/mol. The molecule has 0 amide bonds. The molecule has 0 aromatic rings. The average Bonchev–Trinajstić information content (AvgIpc) is 2.76. The number of alkyl halides is 6. The molecular formula is C12H16F6O. The highest BCUT2D eigenvalue weighted by Gasteiger charge is 2.74. The van der Waals surface area contributed by atoms with E-state index in [9.17, 15) is 26.3 Å². The van der Waals surface area contributed by atoms with Crippen molar-refractivity contribution in [1.82, 2.24) is 0 Å². The molecule has 0 saturated carbocycles. The van der Waals surface area contributed by atoms with Crippen molar-refractivity contribution in [2.45, 2.75) is 51.8 Å². The van der Waals surface area contributed by atoms with E-state index < -0.39 is 35.9 Å². The molecule has 0 aromatic heterocycles. The Labute approximate surface area is 107 Å². The van der Waals surface area contributed by atoms with Gasteiger partial charge >= 0.3 is 12.4 Å². The molecule has 0 aromatic carbocycles. The Morgan fingerprint density at radius 3 is 1.68 bits per heavy atom. The summed E-state index contributed by atoms with van der Waals surface area (Å²) in [5, 5.41) is 0. The van der Waals surface area contributed by atoms with E-state index in [-0.39, 0.29) is 25.2 Å². The first-order valence-electron chi connectivity index (χ1n) is 6.20. The highest BCUT2D eigenvalue weighted by molar-refractivity contribution is 5.07. The van der Waals surface area contributed by atoms with Crippen LogP contribution in [-0.2, 0) is 4.74 Å². The minimum absolute atomic E-state index is 0.00645. The third-order valence-corrected chi connectivity index (χ3v) is 5.07. The van der Waals surface area contributed by atoms with E-state index in [2.05, 4.69) is 0 Å². The average molecular weight is 290 g/mol. The number of ether oxygens (including phenoxy) is 1. The van der Waals surface area contributed by atoms with Gasteiger partial charge in [-0.15, -0.1) is 0 Å². The molecule has 5 atom stereocenters. The van der Waals surface area contributed by atoms with Crippen LogP contribution in [0.3, 0.4) is 0 Å². The largest absolute Gasteiger partial charge is 0.403 e. The minimum atomic E-state index is -5.33. The van der Waals surface area contributed by atoms with E-state index in [0.717, 1.165) is 0 Å². The SMILES string of the molecule is CC1C2CC(C(C)(C(F)(F)F)C(F)(F)F)C(O2)C1C. The van der Waals surface area contributed by atoms with E-state index in [1.807, 2.05) is 6.92 Å². The Morgan fingerprint density at radius 2 is 1.37 bits per heavy atom. The van der Waals surface area contributed by atoms with Crippen LogP contribution in [0.5, 0.6) is 0 Å². The molecule has 112 valence electrons. The fraction of sp³-hybridized carbons (Fsp3) is 1.00. The summed E-state index contributed by atoms with van der Waals surface area (Å²) in [5.41, 5.74) is -3.70. The first-order valence-corrected chi connectivity index (χ1v) is 6.20. The second kappa shape index (κ2) is 4.02. The lowest BCUT2D eigenvalue weighted by Crippen LogP contribution is -2.56. The lowest BCUT2D eigenvalue weighted by atomic mass is 9.64. The number of fused-ring (bicyclic) bond motifs is 2. The summed E-state index contributed by atoms with van der Waals surface area (Å²) >= 11 is 0. The Balaban J connectivity index is 2.39. The van der Waals surface area contributed by atoms with E-state index in [1.54, 1.807) is 6.92 Å². The molecule has 19 heavy (non-hydrogen) atoms. The van der Waals surface area contributed by atoms with Crippen molar-refractivity contribution in [3.63, 3.8) is 0 Å². The van der Waals surface area contributed by atoms with Gasteiger partial charge in [0, 0.05) is 5.92 Å². The molecule has 0 aliphatic carbocycles. The predicted octanol–water partition coefficient (Wildman–Crippen LogP) is 4.18. The van der Waals surface area contributed by atoms with Gasteiger partial charge in [-0.1, -0.05) is 13.8 Å². The van der Waals surface area contributed by atoms with Gasteiger partial charge in [-0.2, -0.15) is 26.3 Å². The van der Waals surface area contributed by atoms with Gasteiger partial charge in [0.2, 0.25) is 0 Å². The van der Waals surface area contributed by atoms with E-state index >= 15 is 0 Å². The zero-order valence-corrected chi connectivity index (χ0v) is 10.8. The van der Waals surface area contributed by atoms with Crippen molar-refractivity contribution in [2.75, 3.05) is 0 Å². The fourth-order valence-corrected chi connectivity index (χ4v) is 3.35. The van der Waals surface area contributed by atoms with Crippen molar-refractivity contribution < 1.29 is 31.1 Å². The summed E-state index contributed by atoms with van der Waals surface area (Å²) in [4.78, 5) is 0. The maximum absolute atomic E-state index is 13.0. The molecule has 5 unspecified atom stereocenters. The summed E-state index contributed by atoms with van der Waals surface area (Å²) in [6, 6.07) is 0. The summed E-state index contributed by atoms with van der Waals surface area (Å²) in [6.07, 6.45) is -12.3. The second-order valence-corrected chi connectivity index (χ2v) is 5.90. The fourth-order valence-electron chi connectivity index (χ4n) is 3.35. The quantitative estimate of drug-likeness (QED) is 0.658. The van der Waals surface area contributed by atoms with Gasteiger partial charge in [-0.3, -0.25) is 0 Å². The molecule has 2 aliphatic rings. The van der Waals surface area contributed by atoms with Gasteiger partial charge in [0.05, 0.1) is 12.2 Å². The third-order valence-electron chi connectivity index (χ3n) is 5.07. The maximum Gasteiger partial charge on any atom is 0.403 e. The molecule has 7 heteroatoms. The van der Waals surface area contributed by atoms with Crippen molar-refractivity contribution >= 4 is 0 Å². The summed E-state index contributed by atoms with van der Waals surface area (Å²) in [6.45, 7) is 3.73. The highest BCUT2D eigenvalue weighted by Crippen LogP contribution is 2.62. The van der Waals surface area contributed by atoms with Gasteiger partial charge in [0.25, 0.3) is 0 Å². The van der Waals surface area contributed by atoms with Crippen LogP contribution in [0, 0.1) is 23.2 Å². The lowest BCUT2D eigenvalue weighted by molar-refractivity contribution is -0.356. The van der Waals surface area contributed by atoms with Crippen LogP contribution in [0.4, 0.5) is 26.3 Å². The Kier molecular flexibility index (Phi) is 3.16. The minimum Gasteiger partial charge on any atom is -0.374 e. The molecule has 2 fully saturated rings. The van der Waals surface area contributed by atoms with Crippen LogP contribution in [-0.4, -0.2) is 24.6 Å². The summed E-state index contributed by atoms with van der Waals surface area (Å²) in [5.74, 6) is -1.83. The lowest BCUT2D eigenvalue weighted by Gasteiger charge is -2.43. The van der Waals surface area contributed by atoms with Crippen LogP contribution in [0.2, 0.25) is 0 Å². The molecule has 0 spiro atoms. The molecule has 2 bridgehead atoms. The van der Waals surface area contributed by atoms with Crippen LogP contribution < -0.4 is 0 Å².